The zero-order valence-electron chi connectivity index (χ0n) is 13.3. The topological polar surface area (TPSA) is 51.0 Å². The van der Waals surface area contributed by atoms with Crippen molar-refractivity contribution in [3.8, 4) is 0 Å². The van der Waals surface area contributed by atoms with Gasteiger partial charge in [0, 0.05) is 23.1 Å². The number of fused-ring (bicyclic) bond motifs is 1. The summed E-state index contributed by atoms with van der Waals surface area (Å²) in [6.07, 6.45) is 8.52. The average Bonchev–Trinajstić information content (AvgIpc) is 2.94. The number of aromatic nitrogens is 1. The second-order valence-corrected chi connectivity index (χ2v) is 5.42. The van der Waals surface area contributed by atoms with Crippen LogP contribution in [0.15, 0.2) is 66.6 Å². The van der Waals surface area contributed by atoms with Crippen molar-refractivity contribution in [1.82, 2.24) is 4.98 Å². The van der Waals surface area contributed by atoms with E-state index in [2.05, 4.69) is 23.7 Å². The zero-order chi connectivity index (χ0) is 15.9. The number of ether oxygens (including phenoxy) is 1. The van der Waals surface area contributed by atoms with Crippen LogP contribution in [0, 0.1) is 0 Å². The maximum atomic E-state index is 6.22. The van der Waals surface area contributed by atoms with E-state index in [0.29, 0.717) is 6.61 Å². The number of nitrogens with two attached hydrogens (primary N) is 1. The van der Waals surface area contributed by atoms with Crippen LogP contribution in [0.25, 0.3) is 10.9 Å². The van der Waals surface area contributed by atoms with Gasteiger partial charge in [0.25, 0.3) is 0 Å². The number of allylic oxidation sites excluding steroid dienone is 4. The largest absolute Gasteiger partial charge is 0.492 e. The first-order chi connectivity index (χ1) is 10.6. The molecule has 22 heavy (non-hydrogen) atoms. The van der Waals surface area contributed by atoms with Gasteiger partial charge in [-0.3, -0.25) is 0 Å². The molecule has 1 aromatic carbocycles. The fourth-order valence-corrected chi connectivity index (χ4v) is 2.34. The Hall–Kier alpha value is -2.26. The van der Waals surface area contributed by atoms with Gasteiger partial charge in [0.2, 0.25) is 0 Å². The Labute approximate surface area is 132 Å². The fourth-order valence-electron chi connectivity index (χ4n) is 2.34. The van der Waals surface area contributed by atoms with Crippen molar-refractivity contribution < 1.29 is 4.74 Å². The molecule has 0 amide bonds. The molecule has 3 nitrogen and oxygen atoms in total. The van der Waals surface area contributed by atoms with Gasteiger partial charge in [-0.25, -0.2) is 0 Å². The Morgan fingerprint density at radius 2 is 2.18 bits per heavy atom. The third-order valence-electron chi connectivity index (χ3n) is 3.60. The minimum Gasteiger partial charge on any atom is -0.492 e. The summed E-state index contributed by atoms with van der Waals surface area (Å²) >= 11 is 0. The molecule has 0 aliphatic carbocycles. The number of aromatic amines is 1. The van der Waals surface area contributed by atoms with E-state index in [0.717, 1.165) is 23.3 Å². The quantitative estimate of drug-likeness (QED) is 0.597. The number of benzene rings is 1. The van der Waals surface area contributed by atoms with Gasteiger partial charge in [-0.05, 0) is 49.6 Å². The molecule has 1 aromatic heterocycles. The summed E-state index contributed by atoms with van der Waals surface area (Å²) in [5, 5.41) is 1.23. The van der Waals surface area contributed by atoms with Gasteiger partial charge < -0.3 is 15.5 Å². The van der Waals surface area contributed by atoms with Crippen molar-refractivity contribution in [2.75, 3.05) is 6.61 Å². The standard InChI is InChI=1S/C19H24N2O/c1-4-14(3)10-17(5-2)22-13-16(20)11-15-12-21-19-9-7-6-8-18(15)19/h4-10,12,16,21H,1,11,13,20H2,2-3H3/b14-10-,17-5+. The predicted molar refractivity (Wildman–Crippen MR) is 93.6 cm³/mol. The summed E-state index contributed by atoms with van der Waals surface area (Å²) < 4.78 is 5.79. The molecule has 2 aromatic rings. The Morgan fingerprint density at radius 1 is 1.41 bits per heavy atom. The highest BCUT2D eigenvalue weighted by Gasteiger charge is 2.09. The molecule has 1 unspecified atom stereocenters. The molecule has 0 saturated heterocycles. The molecule has 3 heteroatoms. The first kappa shape index (κ1) is 16.1. The summed E-state index contributed by atoms with van der Waals surface area (Å²) in [5.41, 5.74) is 9.65. The minimum absolute atomic E-state index is 0.0495. The lowest BCUT2D eigenvalue weighted by molar-refractivity contribution is 0.203. The number of hydrogen-bond acceptors (Lipinski definition) is 2. The highest BCUT2D eigenvalue weighted by atomic mass is 16.5. The Morgan fingerprint density at radius 3 is 2.91 bits per heavy atom. The second kappa shape index (κ2) is 7.66. The second-order valence-electron chi connectivity index (χ2n) is 5.42. The number of rotatable bonds is 7. The lowest BCUT2D eigenvalue weighted by Crippen LogP contribution is -2.28. The first-order valence-corrected chi connectivity index (χ1v) is 7.54. The lowest BCUT2D eigenvalue weighted by atomic mass is 10.1. The molecular weight excluding hydrogens is 272 g/mol. The van der Waals surface area contributed by atoms with E-state index < -0.39 is 0 Å². The fraction of sp³-hybridized carbons (Fsp3) is 0.263. The van der Waals surface area contributed by atoms with Gasteiger partial charge in [-0.15, -0.1) is 0 Å². The van der Waals surface area contributed by atoms with Crippen molar-refractivity contribution in [3.05, 3.63) is 72.2 Å². The maximum Gasteiger partial charge on any atom is 0.115 e. The molecule has 0 aliphatic rings. The normalized spacial score (nSPS) is 14.1. The van der Waals surface area contributed by atoms with E-state index in [4.69, 9.17) is 10.5 Å². The van der Waals surface area contributed by atoms with Crippen LogP contribution < -0.4 is 5.73 Å². The van der Waals surface area contributed by atoms with Crippen LogP contribution in [0.4, 0.5) is 0 Å². The summed E-state index contributed by atoms with van der Waals surface area (Å²) in [6, 6.07) is 8.21. The van der Waals surface area contributed by atoms with Gasteiger partial charge in [0.05, 0.1) is 0 Å². The highest BCUT2D eigenvalue weighted by Crippen LogP contribution is 2.19. The van der Waals surface area contributed by atoms with Crippen molar-refractivity contribution >= 4 is 10.9 Å². The van der Waals surface area contributed by atoms with Gasteiger partial charge in [0.1, 0.15) is 12.4 Å². The van der Waals surface area contributed by atoms with Crippen molar-refractivity contribution in [1.29, 1.82) is 0 Å². The summed E-state index contributed by atoms with van der Waals surface area (Å²) in [5.74, 6) is 0.826. The molecular formula is C19H24N2O. The van der Waals surface area contributed by atoms with Crippen molar-refractivity contribution in [2.24, 2.45) is 5.73 Å². The van der Waals surface area contributed by atoms with Crippen LogP contribution in [0.1, 0.15) is 19.4 Å². The third kappa shape index (κ3) is 4.12. The average molecular weight is 296 g/mol. The first-order valence-electron chi connectivity index (χ1n) is 7.54. The SMILES string of the molecule is C=C/C(C)=C\C(=C/C)OCC(N)Cc1c[nH]c2ccccc12. The van der Waals surface area contributed by atoms with Crippen LogP contribution in [-0.4, -0.2) is 17.6 Å². The van der Waals surface area contributed by atoms with Crippen LogP contribution in [0.5, 0.6) is 0 Å². The molecule has 1 heterocycles. The van der Waals surface area contributed by atoms with Crippen LogP contribution >= 0.6 is 0 Å². The van der Waals surface area contributed by atoms with Crippen molar-refractivity contribution in [2.45, 2.75) is 26.3 Å². The Kier molecular flexibility index (Phi) is 5.61. The third-order valence-corrected chi connectivity index (χ3v) is 3.60. The van der Waals surface area contributed by atoms with Gasteiger partial charge in [0.15, 0.2) is 0 Å². The highest BCUT2D eigenvalue weighted by molar-refractivity contribution is 5.83. The van der Waals surface area contributed by atoms with Crippen LogP contribution in [0.2, 0.25) is 0 Å². The van der Waals surface area contributed by atoms with Crippen LogP contribution in [-0.2, 0) is 11.2 Å². The van der Waals surface area contributed by atoms with Crippen molar-refractivity contribution in [3.63, 3.8) is 0 Å². The number of hydrogen-bond donors (Lipinski definition) is 2. The molecule has 116 valence electrons. The molecule has 1 atom stereocenters. The van der Waals surface area contributed by atoms with Gasteiger partial charge in [-0.2, -0.15) is 0 Å². The van der Waals surface area contributed by atoms with E-state index in [-0.39, 0.29) is 6.04 Å². The van der Waals surface area contributed by atoms with E-state index in [1.807, 2.05) is 44.3 Å². The minimum atomic E-state index is -0.0495. The molecule has 2 rings (SSSR count). The van der Waals surface area contributed by atoms with Gasteiger partial charge in [-0.1, -0.05) is 30.9 Å². The van der Waals surface area contributed by atoms with Gasteiger partial charge >= 0.3 is 0 Å². The Balaban J connectivity index is 1.95. The zero-order valence-corrected chi connectivity index (χ0v) is 13.3. The molecule has 0 aliphatic heterocycles. The lowest BCUT2D eigenvalue weighted by Gasteiger charge is -2.13. The maximum absolute atomic E-state index is 6.22. The predicted octanol–water partition coefficient (Wildman–Crippen LogP) is 4.09. The number of nitrogens with one attached hydrogen (secondary N) is 1. The van der Waals surface area contributed by atoms with E-state index in [1.165, 1.54) is 10.9 Å². The van der Waals surface area contributed by atoms with E-state index in [1.54, 1.807) is 6.08 Å². The monoisotopic (exact) mass is 296 g/mol. The summed E-state index contributed by atoms with van der Waals surface area (Å²) in [7, 11) is 0. The van der Waals surface area contributed by atoms with E-state index >= 15 is 0 Å². The summed E-state index contributed by atoms with van der Waals surface area (Å²) in [6.45, 7) is 8.17. The molecule has 0 radical (unpaired) electrons. The molecule has 0 fully saturated rings. The molecule has 0 spiro atoms. The van der Waals surface area contributed by atoms with E-state index in [9.17, 15) is 0 Å². The smallest absolute Gasteiger partial charge is 0.115 e. The summed E-state index contributed by atoms with van der Waals surface area (Å²) in [4.78, 5) is 3.27. The molecule has 3 N–H and O–H groups in total. The molecule has 0 saturated carbocycles. The van der Waals surface area contributed by atoms with Crippen LogP contribution in [0.3, 0.4) is 0 Å². The number of para-hydroxylation sites is 1. The molecule has 0 bridgehead atoms. The Bertz CT molecular complexity index is 694. The number of H-pyrrole nitrogens is 1.